The maximum atomic E-state index is 6.49. The van der Waals surface area contributed by atoms with Gasteiger partial charge in [0.2, 0.25) is 0 Å². The molecule has 0 atom stereocenters. The number of furan rings is 1. The molecular weight excluding hydrogens is 883 g/mol. The minimum atomic E-state index is -0.0914. The second kappa shape index (κ2) is 16.0. The van der Waals surface area contributed by atoms with E-state index in [4.69, 9.17) is 4.42 Å². The van der Waals surface area contributed by atoms with Crippen LogP contribution in [0.25, 0.3) is 77.6 Å². The zero-order valence-corrected chi connectivity index (χ0v) is 40.7. The van der Waals surface area contributed by atoms with Crippen molar-refractivity contribution >= 4 is 39.0 Å². The van der Waals surface area contributed by atoms with E-state index in [1.807, 2.05) is 6.07 Å². The van der Waals surface area contributed by atoms with Crippen molar-refractivity contribution in [2.45, 2.75) is 31.1 Å². The summed E-state index contributed by atoms with van der Waals surface area (Å²) in [6.07, 6.45) is 0. The van der Waals surface area contributed by atoms with Gasteiger partial charge in [-0.3, -0.25) is 0 Å². The van der Waals surface area contributed by atoms with E-state index in [0.717, 1.165) is 50.1 Å². The number of para-hydroxylation sites is 2. The molecule has 344 valence electrons. The number of benzene rings is 11. The third-order valence-electron chi connectivity index (χ3n) is 16.5. The van der Waals surface area contributed by atoms with E-state index in [2.05, 4.69) is 261 Å². The Kier molecular flexibility index (Phi) is 9.16. The minimum Gasteiger partial charge on any atom is -0.455 e. The Bertz CT molecular complexity index is 4110. The number of fused-ring (bicyclic) bond motifs is 6. The molecular formula is C71H49NO. The van der Waals surface area contributed by atoms with Crippen molar-refractivity contribution < 1.29 is 4.42 Å². The first-order valence-electron chi connectivity index (χ1n) is 25.6. The molecule has 0 aliphatic heterocycles. The van der Waals surface area contributed by atoms with E-state index < -0.39 is 0 Å². The summed E-state index contributed by atoms with van der Waals surface area (Å²) in [7, 11) is 0. The Balaban J connectivity index is 0.865. The Morgan fingerprint density at radius 2 is 0.767 bits per heavy atom. The van der Waals surface area contributed by atoms with Crippen LogP contribution in [0.5, 0.6) is 0 Å². The zero-order chi connectivity index (χ0) is 48.4. The summed E-state index contributed by atoms with van der Waals surface area (Å²) in [6, 6.07) is 92.2. The van der Waals surface area contributed by atoms with Gasteiger partial charge in [0.25, 0.3) is 0 Å². The molecule has 0 radical (unpaired) electrons. The van der Waals surface area contributed by atoms with Gasteiger partial charge < -0.3 is 9.32 Å². The summed E-state index contributed by atoms with van der Waals surface area (Å²) in [5.74, 6) is 0.233. The first kappa shape index (κ1) is 41.8. The van der Waals surface area contributed by atoms with Crippen LogP contribution in [0.4, 0.5) is 17.1 Å². The molecule has 0 saturated heterocycles. The lowest BCUT2D eigenvalue weighted by molar-refractivity contribution is 0.660. The summed E-state index contributed by atoms with van der Waals surface area (Å²) in [6.45, 7) is 4.77. The highest BCUT2D eigenvalue weighted by Gasteiger charge is 2.44. The molecule has 1 heterocycles. The quantitative estimate of drug-likeness (QED) is 0.158. The van der Waals surface area contributed by atoms with Crippen molar-refractivity contribution in [2.75, 3.05) is 4.90 Å². The Morgan fingerprint density at radius 1 is 0.329 bits per heavy atom. The molecule has 73 heavy (non-hydrogen) atoms. The lowest BCUT2D eigenvalue weighted by atomic mass is 9.58. The average molecular weight is 932 g/mol. The molecule has 0 amide bonds. The monoisotopic (exact) mass is 931 g/mol. The smallest absolute Gasteiger partial charge is 0.143 e. The largest absolute Gasteiger partial charge is 0.455 e. The molecule has 4 aliphatic rings. The Morgan fingerprint density at radius 3 is 1.40 bits per heavy atom. The molecule has 0 fully saturated rings. The van der Waals surface area contributed by atoms with Crippen LogP contribution in [-0.4, -0.2) is 0 Å². The highest BCUT2D eigenvalue weighted by atomic mass is 16.3. The molecule has 0 N–H and O–H groups in total. The van der Waals surface area contributed by atoms with E-state index in [1.54, 1.807) is 0 Å². The van der Waals surface area contributed by atoms with E-state index >= 15 is 0 Å². The molecule has 0 spiro atoms. The van der Waals surface area contributed by atoms with E-state index in [-0.39, 0.29) is 17.3 Å². The molecule has 1 aromatic heterocycles. The predicted molar refractivity (Wildman–Crippen MR) is 302 cm³/mol. The van der Waals surface area contributed by atoms with Crippen molar-refractivity contribution in [2.24, 2.45) is 0 Å². The average Bonchev–Trinajstić information content (AvgIpc) is 3.95. The van der Waals surface area contributed by atoms with Gasteiger partial charge >= 0.3 is 0 Å². The molecule has 11 aromatic carbocycles. The van der Waals surface area contributed by atoms with Gasteiger partial charge in [0, 0.05) is 50.6 Å². The van der Waals surface area contributed by atoms with Crippen molar-refractivity contribution in [1.82, 2.24) is 0 Å². The van der Waals surface area contributed by atoms with Crippen molar-refractivity contribution in [3.8, 4) is 55.6 Å². The minimum absolute atomic E-state index is 0.0914. The number of anilines is 3. The highest BCUT2D eigenvalue weighted by Crippen LogP contribution is 2.60. The van der Waals surface area contributed by atoms with E-state index in [0.29, 0.717) is 0 Å². The SMILES string of the molecule is CC1(C)c2ccccc2-c2ccc(-c3ccc(-c4ccc(N(c5ccc(-c6ccccc6)cc5)c5ccc(-c6cccc7c6oc6ccccc67)cc5)cc4)c4c3C3c5ccccc5C4c4ccccc43)cc21. The number of hydrogen-bond acceptors (Lipinski definition) is 2. The zero-order valence-electron chi connectivity index (χ0n) is 40.7. The van der Waals surface area contributed by atoms with Crippen LogP contribution < -0.4 is 4.90 Å². The molecule has 0 saturated carbocycles. The third kappa shape index (κ3) is 6.30. The maximum absolute atomic E-state index is 6.49. The van der Waals surface area contributed by atoms with Crippen LogP contribution in [0.3, 0.4) is 0 Å². The molecule has 16 rings (SSSR count). The maximum Gasteiger partial charge on any atom is 0.143 e. The second-order valence-electron chi connectivity index (χ2n) is 20.7. The summed E-state index contributed by atoms with van der Waals surface area (Å²) in [5, 5.41) is 2.27. The van der Waals surface area contributed by atoms with Gasteiger partial charge in [-0.05, 0) is 143 Å². The fourth-order valence-corrected chi connectivity index (χ4v) is 13.1. The summed E-state index contributed by atoms with van der Waals surface area (Å²) in [4.78, 5) is 2.38. The fourth-order valence-electron chi connectivity index (χ4n) is 13.1. The van der Waals surface area contributed by atoms with E-state index in [9.17, 15) is 0 Å². The standard InChI is InChI=1S/C71H49NO/c1-71(2)63-25-12-10-17-55(63)56-40-33-48(43-64(56)71)53-42-41-52(68-66-58-19-6-8-21-60(58)67(69(53)68)61-22-9-7-20-59(61)66)46-29-36-50(37-30-46)72(49-34-27-45(28-35-49)44-15-4-3-5-16-44)51-38-31-47(32-39-51)54-23-14-24-62-57-18-11-13-26-65(57)73-70(54)62/h3-43,66-67H,1-2H3. The third-order valence-corrected chi connectivity index (χ3v) is 16.5. The van der Waals surface area contributed by atoms with Crippen LogP contribution in [-0.2, 0) is 5.41 Å². The number of hydrogen-bond donors (Lipinski definition) is 0. The normalized spacial score (nSPS) is 15.4. The van der Waals surface area contributed by atoms with Crippen molar-refractivity contribution in [1.29, 1.82) is 0 Å². The molecule has 2 bridgehead atoms. The Hall–Kier alpha value is -8.98. The van der Waals surface area contributed by atoms with Crippen LogP contribution in [0, 0.1) is 0 Å². The van der Waals surface area contributed by atoms with Gasteiger partial charge in [-0.15, -0.1) is 0 Å². The van der Waals surface area contributed by atoms with Crippen molar-refractivity contribution in [3.63, 3.8) is 0 Å². The molecule has 4 aliphatic carbocycles. The van der Waals surface area contributed by atoms with E-state index in [1.165, 1.54) is 89.0 Å². The molecule has 0 unspecified atom stereocenters. The summed E-state index contributed by atoms with van der Waals surface area (Å²) in [5.41, 5.74) is 28.8. The molecule has 2 heteroatoms. The molecule has 2 nitrogen and oxygen atoms in total. The summed E-state index contributed by atoms with van der Waals surface area (Å²) >= 11 is 0. The fraction of sp³-hybridized carbons (Fsp3) is 0.0704. The van der Waals surface area contributed by atoms with Crippen LogP contribution in [0.15, 0.2) is 253 Å². The van der Waals surface area contributed by atoms with Gasteiger partial charge in [0.05, 0.1) is 0 Å². The van der Waals surface area contributed by atoms with Gasteiger partial charge in [0.15, 0.2) is 0 Å². The topological polar surface area (TPSA) is 16.4 Å². The highest BCUT2D eigenvalue weighted by molar-refractivity contribution is 6.09. The van der Waals surface area contributed by atoms with Crippen molar-refractivity contribution in [3.05, 3.63) is 293 Å². The van der Waals surface area contributed by atoms with Crippen LogP contribution >= 0.6 is 0 Å². The molecule has 12 aromatic rings. The lowest BCUT2D eigenvalue weighted by Gasteiger charge is -2.44. The second-order valence-corrected chi connectivity index (χ2v) is 20.7. The van der Waals surface area contributed by atoms with Gasteiger partial charge in [-0.1, -0.05) is 214 Å². The first-order valence-corrected chi connectivity index (χ1v) is 25.6. The summed E-state index contributed by atoms with van der Waals surface area (Å²) < 4.78 is 6.49. The predicted octanol–water partition coefficient (Wildman–Crippen LogP) is 19.0. The van der Waals surface area contributed by atoms with Crippen LogP contribution in [0.2, 0.25) is 0 Å². The lowest BCUT2D eigenvalue weighted by Crippen LogP contribution is -2.28. The van der Waals surface area contributed by atoms with Gasteiger partial charge in [-0.2, -0.15) is 0 Å². The first-order chi connectivity index (χ1) is 36.0. The van der Waals surface area contributed by atoms with Crippen LogP contribution in [0.1, 0.15) is 70.2 Å². The number of rotatable bonds is 7. The van der Waals surface area contributed by atoms with Gasteiger partial charge in [-0.25, -0.2) is 0 Å². The number of nitrogens with zero attached hydrogens (tertiary/aromatic N) is 1. The van der Waals surface area contributed by atoms with Gasteiger partial charge in [0.1, 0.15) is 11.2 Å². The Labute approximate surface area is 426 Å².